The van der Waals surface area contributed by atoms with E-state index in [2.05, 4.69) is 15.0 Å². The highest BCUT2D eigenvalue weighted by Crippen LogP contribution is 2.33. The lowest BCUT2D eigenvalue weighted by molar-refractivity contribution is 0.0992. The van der Waals surface area contributed by atoms with Crippen molar-refractivity contribution in [1.29, 1.82) is 0 Å². The molecular weight excluding hydrogens is 422 g/mol. The van der Waals surface area contributed by atoms with E-state index in [0.717, 1.165) is 42.9 Å². The third-order valence-corrected chi connectivity index (χ3v) is 6.62. The van der Waals surface area contributed by atoms with Crippen LogP contribution in [0.1, 0.15) is 53.9 Å². The van der Waals surface area contributed by atoms with E-state index in [9.17, 15) is 13.6 Å². The lowest BCUT2D eigenvalue weighted by Crippen LogP contribution is -2.40. The largest absolute Gasteiger partial charge is 0.356 e. The third kappa shape index (κ3) is 4.97. The van der Waals surface area contributed by atoms with Crippen LogP contribution in [-0.4, -0.2) is 39.3 Å². The Hall–Kier alpha value is -3.09. The second kappa shape index (κ2) is 9.04. The monoisotopic (exact) mass is 452 g/mol. The second-order valence-corrected chi connectivity index (χ2v) is 9.44. The molecule has 1 aliphatic heterocycles. The summed E-state index contributed by atoms with van der Waals surface area (Å²) >= 11 is 0. The molecular formula is C26H30F2N4O. The van der Waals surface area contributed by atoms with E-state index in [-0.39, 0.29) is 23.9 Å². The molecule has 4 rings (SSSR count). The Morgan fingerprint density at radius 1 is 1.12 bits per heavy atom. The number of aryl methyl sites for hydroxylation is 1. The van der Waals surface area contributed by atoms with E-state index >= 15 is 0 Å². The number of benzene rings is 1. The minimum absolute atomic E-state index is 0.0409. The molecule has 0 atom stereocenters. The Labute approximate surface area is 193 Å². The Morgan fingerprint density at radius 3 is 2.39 bits per heavy atom. The van der Waals surface area contributed by atoms with Crippen molar-refractivity contribution in [3.63, 3.8) is 0 Å². The number of ketones is 1. The maximum atomic E-state index is 14.3. The van der Waals surface area contributed by atoms with E-state index < -0.39 is 5.67 Å². The molecule has 1 aromatic carbocycles. The van der Waals surface area contributed by atoms with Crippen LogP contribution < -0.4 is 4.90 Å². The van der Waals surface area contributed by atoms with E-state index in [1.807, 2.05) is 19.9 Å². The fourth-order valence-electron chi connectivity index (χ4n) is 4.64. The lowest BCUT2D eigenvalue weighted by atomic mass is 9.84. The number of aromatic nitrogens is 3. The van der Waals surface area contributed by atoms with Crippen molar-refractivity contribution >= 4 is 11.6 Å². The van der Waals surface area contributed by atoms with Gasteiger partial charge in [-0.3, -0.25) is 4.79 Å². The van der Waals surface area contributed by atoms with Crippen LogP contribution in [0.4, 0.5) is 14.6 Å². The molecule has 3 aromatic rings. The molecule has 7 heteroatoms. The summed E-state index contributed by atoms with van der Waals surface area (Å²) in [7, 11) is 0. The minimum atomic E-state index is -1.15. The number of alkyl halides is 1. The molecule has 0 bridgehead atoms. The number of rotatable bonds is 6. The highest BCUT2D eigenvalue weighted by molar-refractivity contribution is 5.98. The summed E-state index contributed by atoms with van der Waals surface area (Å²) in [6, 6.07) is 8.01. The van der Waals surface area contributed by atoms with Gasteiger partial charge in [0, 0.05) is 25.7 Å². The van der Waals surface area contributed by atoms with Crippen LogP contribution in [0.25, 0.3) is 5.69 Å². The molecule has 0 amide bonds. The first-order chi connectivity index (χ1) is 15.6. The van der Waals surface area contributed by atoms with E-state index in [0.29, 0.717) is 16.9 Å². The normalized spacial score (nSPS) is 15.2. The van der Waals surface area contributed by atoms with Crippen molar-refractivity contribution in [2.45, 2.75) is 52.6 Å². The van der Waals surface area contributed by atoms with Crippen LogP contribution in [0.15, 0.2) is 42.7 Å². The Kier molecular flexibility index (Phi) is 6.32. The van der Waals surface area contributed by atoms with E-state index in [4.69, 9.17) is 0 Å². The Balaban J connectivity index is 1.44. The summed E-state index contributed by atoms with van der Waals surface area (Å²) in [4.78, 5) is 19.8. The van der Waals surface area contributed by atoms with Crippen LogP contribution in [0.5, 0.6) is 0 Å². The zero-order valence-electron chi connectivity index (χ0n) is 19.6. The topological polar surface area (TPSA) is 51.0 Å². The van der Waals surface area contributed by atoms with Gasteiger partial charge in [-0.25, -0.2) is 18.4 Å². The molecule has 33 heavy (non-hydrogen) atoms. The van der Waals surface area contributed by atoms with Gasteiger partial charge in [0.2, 0.25) is 0 Å². The highest BCUT2D eigenvalue weighted by Gasteiger charge is 2.33. The summed E-state index contributed by atoms with van der Waals surface area (Å²) in [5.74, 6) is 0.620. The van der Waals surface area contributed by atoms with Gasteiger partial charge >= 0.3 is 0 Å². The number of hydrogen-bond acceptors (Lipinski definition) is 4. The minimum Gasteiger partial charge on any atom is -0.356 e. The maximum absolute atomic E-state index is 14.3. The maximum Gasteiger partial charge on any atom is 0.170 e. The number of piperidine rings is 1. The highest BCUT2D eigenvalue weighted by atomic mass is 19.1. The molecule has 1 saturated heterocycles. The summed E-state index contributed by atoms with van der Waals surface area (Å²) in [5, 5.41) is 4.32. The van der Waals surface area contributed by atoms with Crippen molar-refractivity contribution in [2.24, 2.45) is 5.92 Å². The summed E-state index contributed by atoms with van der Waals surface area (Å²) in [6.45, 7) is 8.72. The number of hydrogen-bond donors (Lipinski definition) is 0. The molecule has 0 aliphatic carbocycles. The van der Waals surface area contributed by atoms with Crippen molar-refractivity contribution in [1.82, 2.24) is 14.8 Å². The molecule has 0 N–H and O–H groups in total. The van der Waals surface area contributed by atoms with Crippen LogP contribution in [-0.2, 0) is 6.42 Å². The van der Waals surface area contributed by atoms with Crippen LogP contribution >= 0.6 is 0 Å². The number of halogens is 2. The summed E-state index contributed by atoms with van der Waals surface area (Å²) in [5.41, 5.74) is 2.66. The second-order valence-electron chi connectivity index (χ2n) is 9.44. The van der Waals surface area contributed by atoms with Gasteiger partial charge in [0.15, 0.2) is 5.78 Å². The zero-order valence-corrected chi connectivity index (χ0v) is 19.6. The number of anilines is 1. The SMILES string of the molecule is Cc1cc(CC(=O)c2cnn(-c3ccc(F)cc3)c2C)cnc1N1CCC(C(C)(C)F)CC1. The molecule has 1 fully saturated rings. The summed E-state index contributed by atoms with van der Waals surface area (Å²) in [6.07, 6.45) is 5.16. The van der Waals surface area contributed by atoms with Gasteiger partial charge in [-0.2, -0.15) is 5.10 Å². The average molecular weight is 453 g/mol. The number of pyridine rings is 1. The standard InChI is InChI=1S/C26H30F2N4O/c1-17-13-19(15-29-25(17)31-11-9-20(10-12-31)26(3,4)28)14-24(33)23-16-30-32(18(23)2)22-7-5-21(27)6-8-22/h5-8,13,15-16,20H,9-12,14H2,1-4H3. The van der Waals surface area contributed by atoms with Crippen LogP contribution in [0.3, 0.4) is 0 Å². The molecule has 5 nitrogen and oxygen atoms in total. The molecule has 0 saturated carbocycles. The number of carbonyl (C=O) groups excluding carboxylic acids is 1. The number of Topliss-reactive ketones (excluding diaryl/α,β-unsaturated/α-hetero) is 1. The number of nitrogens with zero attached hydrogens (tertiary/aromatic N) is 4. The first-order valence-corrected chi connectivity index (χ1v) is 11.4. The third-order valence-electron chi connectivity index (χ3n) is 6.62. The Bertz CT molecular complexity index is 1140. The van der Waals surface area contributed by atoms with Crippen molar-refractivity contribution < 1.29 is 13.6 Å². The quantitative estimate of drug-likeness (QED) is 0.469. The molecule has 0 radical (unpaired) electrons. The van der Waals surface area contributed by atoms with Gasteiger partial charge in [-0.1, -0.05) is 6.07 Å². The predicted molar refractivity (Wildman–Crippen MR) is 125 cm³/mol. The van der Waals surface area contributed by atoms with Gasteiger partial charge in [0.05, 0.1) is 23.1 Å². The van der Waals surface area contributed by atoms with Crippen molar-refractivity contribution in [2.75, 3.05) is 18.0 Å². The van der Waals surface area contributed by atoms with Gasteiger partial charge < -0.3 is 4.90 Å². The first-order valence-electron chi connectivity index (χ1n) is 11.4. The van der Waals surface area contributed by atoms with Gasteiger partial charge in [0.1, 0.15) is 17.3 Å². The van der Waals surface area contributed by atoms with Gasteiger partial charge in [-0.15, -0.1) is 0 Å². The fraction of sp³-hybridized carbons (Fsp3) is 0.423. The fourth-order valence-corrected chi connectivity index (χ4v) is 4.64. The smallest absolute Gasteiger partial charge is 0.170 e. The number of carbonyl (C=O) groups is 1. The van der Waals surface area contributed by atoms with Crippen LogP contribution in [0, 0.1) is 25.6 Å². The first kappa shape index (κ1) is 23.1. The predicted octanol–water partition coefficient (Wildman–Crippen LogP) is 5.41. The van der Waals surface area contributed by atoms with E-state index in [1.54, 1.807) is 43.1 Å². The van der Waals surface area contributed by atoms with Crippen molar-refractivity contribution in [3.05, 3.63) is 70.9 Å². The molecule has 2 aromatic heterocycles. The Morgan fingerprint density at radius 2 is 1.79 bits per heavy atom. The molecule has 3 heterocycles. The molecule has 1 aliphatic rings. The lowest BCUT2D eigenvalue weighted by Gasteiger charge is -2.37. The average Bonchev–Trinajstić information content (AvgIpc) is 3.15. The van der Waals surface area contributed by atoms with Crippen molar-refractivity contribution in [3.8, 4) is 5.69 Å². The molecule has 0 unspecified atom stereocenters. The molecule has 0 spiro atoms. The van der Waals surface area contributed by atoms with Gasteiger partial charge in [0.25, 0.3) is 0 Å². The van der Waals surface area contributed by atoms with Crippen LogP contribution in [0.2, 0.25) is 0 Å². The molecule has 174 valence electrons. The zero-order chi connectivity index (χ0) is 23.8. The van der Waals surface area contributed by atoms with E-state index in [1.165, 1.54) is 12.1 Å². The summed E-state index contributed by atoms with van der Waals surface area (Å²) < 4.78 is 29.1. The van der Waals surface area contributed by atoms with Gasteiger partial charge in [-0.05, 0) is 81.8 Å².